The van der Waals surface area contributed by atoms with E-state index >= 15 is 0 Å². The van der Waals surface area contributed by atoms with Gasteiger partial charge in [0.2, 0.25) is 5.91 Å². The Morgan fingerprint density at radius 1 is 1.50 bits per heavy atom. The highest BCUT2D eigenvalue weighted by Crippen LogP contribution is 2.14. The maximum atomic E-state index is 11.8. The minimum atomic E-state index is -0.314. The van der Waals surface area contributed by atoms with Crippen molar-refractivity contribution in [3.8, 4) is 0 Å². The lowest BCUT2D eigenvalue weighted by Crippen LogP contribution is -2.37. The number of halogens is 1. The number of aromatic nitrogens is 2. The number of hydrogen-bond donors (Lipinski definition) is 2. The van der Waals surface area contributed by atoms with Crippen molar-refractivity contribution in [3.63, 3.8) is 0 Å². The summed E-state index contributed by atoms with van der Waals surface area (Å²) in [6, 6.07) is -0.247. The standard InChI is InChI=1S/C9H11BrN4O2/c10-7-1-13-8(2-12-7)14-9(15)5-3-16-4-6(5)11/h1-2,5-6H,3-4,11H2,(H,13,14,15). The molecule has 2 unspecified atom stereocenters. The largest absolute Gasteiger partial charge is 0.379 e. The van der Waals surface area contributed by atoms with E-state index in [2.05, 4.69) is 31.2 Å². The highest BCUT2D eigenvalue weighted by Gasteiger charge is 2.31. The molecule has 3 N–H and O–H groups in total. The fourth-order valence-corrected chi connectivity index (χ4v) is 1.64. The fourth-order valence-electron chi connectivity index (χ4n) is 1.44. The zero-order chi connectivity index (χ0) is 11.5. The molecule has 2 atom stereocenters. The van der Waals surface area contributed by atoms with Gasteiger partial charge >= 0.3 is 0 Å². The molecule has 1 aromatic heterocycles. The molecule has 16 heavy (non-hydrogen) atoms. The molecule has 0 bridgehead atoms. The number of carbonyl (C=O) groups is 1. The smallest absolute Gasteiger partial charge is 0.232 e. The summed E-state index contributed by atoms with van der Waals surface area (Å²) in [7, 11) is 0. The fraction of sp³-hybridized carbons (Fsp3) is 0.444. The molecule has 0 radical (unpaired) electrons. The summed E-state index contributed by atoms with van der Waals surface area (Å²) in [5.41, 5.74) is 5.73. The van der Waals surface area contributed by atoms with Crippen LogP contribution in [0.25, 0.3) is 0 Å². The molecule has 0 spiro atoms. The van der Waals surface area contributed by atoms with Crippen molar-refractivity contribution in [2.24, 2.45) is 11.7 Å². The van der Waals surface area contributed by atoms with E-state index in [0.717, 1.165) is 0 Å². The summed E-state index contributed by atoms with van der Waals surface area (Å²) in [4.78, 5) is 19.7. The summed E-state index contributed by atoms with van der Waals surface area (Å²) in [5.74, 6) is -0.0839. The van der Waals surface area contributed by atoms with Gasteiger partial charge < -0.3 is 15.8 Å². The van der Waals surface area contributed by atoms with Crippen LogP contribution in [0.5, 0.6) is 0 Å². The molecule has 0 aliphatic carbocycles. The van der Waals surface area contributed by atoms with Crippen LogP contribution in [0.4, 0.5) is 5.82 Å². The number of amides is 1. The van der Waals surface area contributed by atoms with Gasteiger partial charge in [-0.15, -0.1) is 0 Å². The van der Waals surface area contributed by atoms with Crippen molar-refractivity contribution < 1.29 is 9.53 Å². The summed E-state index contributed by atoms with van der Waals surface area (Å²) in [6.07, 6.45) is 2.99. The molecule has 2 rings (SSSR count). The van der Waals surface area contributed by atoms with Crippen LogP contribution in [0.2, 0.25) is 0 Å². The first-order valence-electron chi connectivity index (χ1n) is 4.78. The molecular formula is C9H11BrN4O2. The Labute approximate surface area is 101 Å². The first-order chi connectivity index (χ1) is 7.66. The van der Waals surface area contributed by atoms with Gasteiger partial charge in [0, 0.05) is 6.04 Å². The Hall–Kier alpha value is -1.05. The quantitative estimate of drug-likeness (QED) is 0.808. The Morgan fingerprint density at radius 3 is 2.88 bits per heavy atom. The van der Waals surface area contributed by atoms with E-state index in [1.54, 1.807) is 0 Å². The predicted molar refractivity (Wildman–Crippen MR) is 60.6 cm³/mol. The Kier molecular flexibility index (Phi) is 3.47. The van der Waals surface area contributed by atoms with Crippen molar-refractivity contribution in [2.75, 3.05) is 18.5 Å². The highest BCUT2D eigenvalue weighted by molar-refractivity contribution is 9.10. The molecule has 1 aliphatic heterocycles. The summed E-state index contributed by atoms with van der Waals surface area (Å²) in [6.45, 7) is 0.779. The number of nitrogens with two attached hydrogens (primary N) is 1. The third-order valence-electron chi connectivity index (χ3n) is 2.33. The lowest BCUT2D eigenvalue weighted by molar-refractivity contribution is -0.120. The average Bonchev–Trinajstić information content (AvgIpc) is 2.68. The maximum Gasteiger partial charge on any atom is 0.232 e. The van der Waals surface area contributed by atoms with Crippen LogP contribution in [-0.4, -0.2) is 35.1 Å². The number of carbonyl (C=O) groups excluding carboxylic acids is 1. The number of ether oxygens (including phenoxy) is 1. The van der Waals surface area contributed by atoms with Crippen LogP contribution < -0.4 is 11.1 Å². The Morgan fingerprint density at radius 2 is 2.31 bits per heavy atom. The van der Waals surface area contributed by atoms with Gasteiger partial charge in [0.05, 0.1) is 31.5 Å². The summed E-state index contributed by atoms with van der Waals surface area (Å²) < 4.78 is 5.73. The number of hydrogen-bond acceptors (Lipinski definition) is 5. The second-order valence-electron chi connectivity index (χ2n) is 3.52. The van der Waals surface area contributed by atoms with Crippen LogP contribution >= 0.6 is 15.9 Å². The van der Waals surface area contributed by atoms with E-state index < -0.39 is 0 Å². The van der Waals surface area contributed by atoms with Crippen LogP contribution in [0.1, 0.15) is 0 Å². The van der Waals surface area contributed by atoms with Crippen LogP contribution in [-0.2, 0) is 9.53 Å². The van der Waals surface area contributed by atoms with Gasteiger partial charge in [-0.1, -0.05) is 0 Å². The van der Waals surface area contributed by atoms with E-state index in [0.29, 0.717) is 23.6 Å². The molecular weight excluding hydrogens is 276 g/mol. The predicted octanol–water partition coefficient (Wildman–Crippen LogP) is 0.151. The normalized spacial score (nSPS) is 24.4. The third kappa shape index (κ3) is 2.55. The minimum Gasteiger partial charge on any atom is -0.379 e. The highest BCUT2D eigenvalue weighted by atomic mass is 79.9. The molecule has 2 heterocycles. The average molecular weight is 287 g/mol. The van der Waals surface area contributed by atoms with Gasteiger partial charge in [0.1, 0.15) is 4.60 Å². The zero-order valence-electron chi connectivity index (χ0n) is 8.39. The number of nitrogens with zero attached hydrogens (tertiary/aromatic N) is 2. The minimum absolute atomic E-state index is 0.179. The van der Waals surface area contributed by atoms with E-state index in [-0.39, 0.29) is 17.9 Å². The van der Waals surface area contributed by atoms with Gasteiger partial charge in [0.15, 0.2) is 5.82 Å². The first kappa shape index (κ1) is 11.4. The second kappa shape index (κ2) is 4.86. The molecule has 86 valence electrons. The monoisotopic (exact) mass is 286 g/mol. The van der Waals surface area contributed by atoms with E-state index in [1.165, 1.54) is 12.4 Å². The van der Waals surface area contributed by atoms with Gasteiger partial charge in [-0.25, -0.2) is 9.97 Å². The molecule has 1 aliphatic rings. The Balaban J connectivity index is 1.99. The molecule has 1 amide bonds. The molecule has 0 aromatic carbocycles. The van der Waals surface area contributed by atoms with Gasteiger partial charge in [-0.05, 0) is 15.9 Å². The maximum absolute atomic E-state index is 11.8. The summed E-state index contributed by atoms with van der Waals surface area (Å²) >= 11 is 3.16. The second-order valence-corrected chi connectivity index (χ2v) is 4.33. The number of rotatable bonds is 2. The lowest BCUT2D eigenvalue weighted by Gasteiger charge is -2.12. The van der Waals surface area contributed by atoms with Crippen LogP contribution in [0.15, 0.2) is 17.0 Å². The van der Waals surface area contributed by atoms with Gasteiger partial charge in [0.25, 0.3) is 0 Å². The molecule has 6 nitrogen and oxygen atoms in total. The van der Waals surface area contributed by atoms with Crippen molar-refractivity contribution in [3.05, 3.63) is 17.0 Å². The van der Waals surface area contributed by atoms with E-state index in [4.69, 9.17) is 10.5 Å². The van der Waals surface area contributed by atoms with Crippen molar-refractivity contribution in [1.82, 2.24) is 9.97 Å². The lowest BCUT2D eigenvalue weighted by atomic mass is 10.0. The molecule has 1 aromatic rings. The number of nitrogens with one attached hydrogen (secondary N) is 1. The Bertz CT molecular complexity index is 384. The third-order valence-corrected chi connectivity index (χ3v) is 2.74. The van der Waals surface area contributed by atoms with Gasteiger partial charge in [-0.3, -0.25) is 4.79 Å². The zero-order valence-corrected chi connectivity index (χ0v) is 9.98. The van der Waals surface area contributed by atoms with Gasteiger partial charge in [-0.2, -0.15) is 0 Å². The SMILES string of the molecule is NC1COCC1C(=O)Nc1cnc(Br)cn1. The van der Waals surface area contributed by atoms with Crippen molar-refractivity contribution >= 4 is 27.7 Å². The summed E-state index contributed by atoms with van der Waals surface area (Å²) in [5, 5.41) is 2.65. The molecule has 1 fully saturated rings. The van der Waals surface area contributed by atoms with Crippen molar-refractivity contribution in [2.45, 2.75) is 6.04 Å². The molecule has 0 saturated carbocycles. The first-order valence-corrected chi connectivity index (χ1v) is 5.58. The van der Waals surface area contributed by atoms with Crippen molar-refractivity contribution in [1.29, 1.82) is 0 Å². The molecule has 1 saturated heterocycles. The molecule has 7 heteroatoms. The van der Waals surface area contributed by atoms with E-state index in [9.17, 15) is 4.79 Å². The van der Waals surface area contributed by atoms with Crippen LogP contribution in [0.3, 0.4) is 0 Å². The number of anilines is 1. The van der Waals surface area contributed by atoms with Crippen LogP contribution in [0, 0.1) is 5.92 Å². The van der Waals surface area contributed by atoms with E-state index in [1.807, 2.05) is 0 Å². The topological polar surface area (TPSA) is 90.1 Å².